The predicted molar refractivity (Wildman–Crippen MR) is 65.7 cm³/mol. The fraction of sp³-hybridized carbons (Fsp3) is 0.500. The minimum absolute atomic E-state index is 0.230. The summed E-state index contributed by atoms with van der Waals surface area (Å²) in [5.74, 6) is 0.695. The molecule has 0 fully saturated rings. The summed E-state index contributed by atoms with van der Waals surface area (Å²) in [6.07, 6.45) is 1.98. The van der Waals surface area contributed by atoms with Crippen LogP contribution in [-0.2, 0) is 0 Å². The summed E-state index contributed by atoms with van der Waals surface area (Å²) in [6, 6.07) is 4.02. The Kier molecular flexibility index (Phi) is 2.58. The zero-order valence-electron chi connectivity index (χ0n) is 10.3. The Balaban J connectivity index is 2.20. The van der Waals surface area contributed by atoms with Crippen LogP contribution in [0.3, 0.4) is 0 Å². The van der Waals surface area contributed by atoms with Crippen molar-refractivity contribution < 1.29 is 0 Å². The zero-order valence-corrected chi connectivity index (χ0v) is 10.3. The lowest BCUT2D eigenvalue weighted by Crippen LogP contribution is -2.19. The van der Waals surface area contributed by atoms with E-state index in [1.807, 2.05) is 25.3 Å². The molecule has 0 saturated heterocycles. The van der Waals surface area contributed by atoms with Gasteiger partial charge in [0.15, 0.2) is 5.65 Å². The molecule has 0 radical (unpaired) electrons. The van der Waals surface area contributed by atoms with Gasteiger partial charge in [-0.3, -0.25) is 0 Å². The van der Waals surface area contributed by atoms with Crippen molar-refractivity contribution in [3.8, 4) is 0 Å². The van der Waals surface area contributed by atoms with E-state index < -0.39 is 0 Å². The highest BCUT2D eigenvalue weighted by Gasteiger charge is 2.11. The summed E-state index contributed by atoms with van der Waals surface area (Å²) in [7, 11) is 0. The van der Waals surface area contributed by atoms with Crippen molar-refractivity contribution in [2.75, 3.05) is 11.9 Å². The largest absolute Gasteiger partial charge is 0.352 e. The number of fused-ring (bicyclic) bond motifs is 1. The van der Waals surface area contributed by atoms with Gasteiger partial charge in [0.1, 0.15) is 0 Å². The highest BCUT2D eigenvalue weighted by atomic mass is 15.3. The fourth-order valence-electron chi connectivity index (χ4n) is 1.41. The summed E-state index contributed by atoms with van der Waals surface area (Å²) < 4.78 is 1.81. The van der Waals surface area contributed by atoms with E-state index in [9.17, 15) is 0 Å². The lowest BCUT2D eigenvalue weighted by atomic mass is 9.97. The van der Waals surface area contributed by atoms with E-state index in [2.05, 4.69) is 36.2 Å². The first-order valence-electron chi connectivity index (χ1n) is 5.51. The summed E-state index contributed by atoms with van der Waals surface area (Å²) in [4.78, 5) is 4.40. The third kappa shape index (κ3) is 2.51. The first-order chi connectivity index (χ1) is 7.44. The van der Waals surface area contributed by atoms with Gasteiger partial charge in [0.25, 0.3) is 0 Å². The van der Waals surface area contributed by atoms with Gasteiger partial charge in [0, 0.05) is 12.7 Å². The van der Waals surface area contributed by atoms with Crippen molar-refractivity contribution in [3.63, 3.8) is 0 Å². The van der Waals surface area contributed by atoms with E-state index >= 15 is 0 Å². The molecule has 0 atom stereocenters. The number of pyridine rings is 1. The van der Waals surface area contributed by atoms with Crippen LogP contribution < -0.4 is 5.32 Å². The van der Waals surface area contributed by atoms with E-state index in [4.69, 9.17) is 0 Å². The Bertz CT molecular complexity index is 493. The maximum absolute atomic E-state index is 4.40. The molecule has 4 nitrogen and oxygen atoms in total. The molecular weight excluding hydrogens is 200 g/mol. The van der Waals surface area contributed by atoms with Gasteiger partial charge >= 0.3 is 0 Å². The Labute approximate surface area is 95.7 Å². The van der Waals surface area contributed by atoms with Gasteiger partial charge < -0.3 is 5.32 Å². The van der Waals surface area contributed by atoms with Crippen LogP contribution in [0, 0.1) is 12.3 Å². The molecule has 4 heteroatoms. The molecule has 0 aliphatic heterocycles. The van der Waals surface area contributed by atoms with E-state index in [-0.39, 0.29) is 5.41 Å². The zero-order chi connectivity index (χ0) is 11.8. The van der Waals surface area contributed by atoms with Crippen LogP contribution in [-0.4, -0.2) is 21.1 Å². The quantitative estimate of drug-likeness (QED) is 0.842. The first kappa shape index (κ1) is 10.9. The number of anilines is 1. The van der Waals surface area contributed by atoms with E-state index in [0.29, 0.717) is 5.95 Å². The van der Waals surface area contributed by atoms with Crippen molar-refractivity contribution in [1.29, 1.82) is 0 Å². The average molecular weight is 218 g/mol. The molecule has 0 unspecified atom stereocenters. The normalized spacial score (nSPS) is 12.0. The minimum atomic E-state index is 0.230. The average Bonchev–Trinajstić information content (AvgIpc) is 2.55. The van der Waals surface area contributed by atoms with Crippen molar-refractivity contribution in [3.05, 3.63) is 23.9 Å². The molecule has 0 aliphatic carbocycles. The number of hydrogen-bond acceptors (Lipinski definition) is 3. The molecule has 1 N–H and O–H groups in total. The molecular formula is C12H18N4. The smallest absolute Gasteiger partial charge is 0.243 e. The molecule has 2 heterocycles. The molecule has 2 rings (SSSR count). The lowest BCUT2D eigenvalue weighted by Gasteiger charge is -2.17. The standard InChI is InChI=1S/C12H18N4/c1-9-5-6-10-14-11(15-16(10)7-9)13-8-12(2,3)4/h5-7H,8H2,1-4H3,(H,13,15). The summed E-state index contributed by atoms with van der Waals surface area (Å²) in [6.45, 7) is 9.45. The van der Waals surface area contributed by atoms with Gasteiger partial charge in [-0.2, -0.15) is 4.98 Å². The maximum Gasteiger partial charge on any atom is 0.243 e. The van der Waals surface area contributed by atoms with Gasteiger partial charge in [0.2, 0.25) is 5.95 Å². The third-order valence-electron chi connectivity index (χ3n) is 2.26. The Morgan fingerprint density at radius 3 is 2.75 bits per heavy atom. The van der Waals surface area contributed by atoms with E-state index in [0.717, 1.165) is 12.2 Å². The van der Waals surface area contributed by atoms with Gasteiger partial charge in [-0.1, -0.05) is 26.8 Å². The molecule has 2 aromatic heterocycles. The topological polar surface area (TPSA) is 42.2 Å². The molecule has 0 saturated carbocycles. The van der Waals surface area contributed by atoms with Crippen LogP contribution in [0.15, 0.2) is 18.3 Å². The first-order valence-corrected chi connectivity index (χ1v) is 5.51. The maximum atomic E-state index is 4.40. The Morgan fingerprint density at radius 1 is 1.31 bits per heavy atom. The molecule has 0 aromatic carbocycles. The second-order valence-electron chi connectivity index (χ2n) is 5.36. The number of nitrogens with zero attached hydrogens (tertiary/aromatic N) is 3. The number of nitrogens with one attached hydrogen (secondary N) is 1. The molecule has 0 amide bonds. The predicted octanol–water partition coefficient (Wildman–Crippen LogP) is 2.50. The Hall–Kier alpha value is -1.58. The van der Waals surface area contributed by atoms with Crippen LogP contribution in [0.1, 0.15) is 26.3 Å². The molecule has 86 valence electrons. The van der Waals surface area contributed by atoms with Gasteiger partial charge in [-0.15, -0.1) is 5.10 Å². The van der Waals surface area contributed by atoms with Crippen LogP contribution >= 0.6 is 0 Å². The molecule has 0 bridgehead atoms. The summed E-state index contributed by atoms with van der Waals surface area (Å²) in [5, 5.41) is 7.62. The molecule has 2 aromatic rings. The minimum Gasteiger partial charge on any atom is -0.352 e. The SMILES string of the molecule is Cc1ccc2nc(NCC(C)(C)C)nn2c1. The fourth-order valence-corrected chi connectivity index (χ4v) is 1.41. The highest BCUT2D eigenvalue weighted by molar-refractivity contribution is 5.44. The van der Waals surface area contributed by atoms with Crippen LogP contribution in [0.2, 0.25) is 0 Å². The Morgan fingerprint density at radius 2 is 2.06 bits per heavy atom. The number of hydrogen-bond donors (Lipinski definition) is 1. The van der Waals surface area contributed by atoms with Crippen molar-refractivity contribution >= 4 is 11.6 Å². The number of aromatic nitrogens is 3. The lowest BCUT2D eigenvalue weighted by molar-refractivity contribution is 0.442. The second kappa shape index (κ2) is 3.77. The monoisotopic (exact) mass is 218 g/mol. The van der Waals surface area contributed by atoms with Crippen molar-refractivity contribution in [2.24, 2.45) is 5.41 Å². The van der Waals surface area contributed by atoms with Crippen LogP contribution in [0.4, 0.5) is 5.95 Å². The molecule has 16 heavy (non-hydrogen) atoms. The van der Waals surface area contributed by atoms with Gasteiger partial charge in [0.05, 0.1) is 0 Å². The number of rotatable bonds is 2. The second-order valence-corrected chi connectivity index (χ2v) is 5.36. The van der Waals surface area contributed by atoms with Crippen molar-refractivity contribution in [2.45, 2.75) is 27.7 Å². The molecule has 0 spiro atoms. The van der Waals surface area contributed by atoms with Gasteiger partial charge in [-0.25, -0.2) is 4.52 Å². The van der Waals surface area contributed by atoms with E-state index in [1.165, 1.54) is 5.56 Å². The highest BCUT2D eigenvalue weighted by Crippen LogP contribution is 2.14. The van der Waals surface area contributed by atoms with Crippen LogP contribution in [0.25, 0.3) is 5.65 Å². The summed E-state index contributed by atoms with van der Waals surface area (Å²) >= 11 is 0. The van der Waals surface area contributed by atoms with Crippen molar-refractivity contribution in [1.82, 2.24) is 14.6 Å². The third-order valence-corrected chi connectivity index (χ3v) is 2.26. The summed E-state index contributed by atoms with van der Waals surface area (Å²) in [5.41, 5.74) is 2.29. The van der Waals surface area contributed by atoms with Crippen LogP contribution in [0.5, 0.6) is 0 Å². The number of aryl methyl sites for hydroxylation is 1. The van der Waals surface area contributed by atoms with E-state index in [1.54, 1.807) is 4.52 Å². The van der Waals surface area contributed by atoms with Gasteiger partial charge in [-0.05, 0) is 24.0 Å². The molecule has 0 aliphatic rings.